The fraction of sp³-hybridized carbons (Fsp3) is 0.556. The summed E-state index contributed by atoms with van der Waals surface area (Å²) in [6.07, 6.45) is 2.73. The monoisotopic (exact) mass is 319 g/mol. The lowest BCUT2D eigenvalue weighted by atomic mass is 9.77. The molecule has 0 unspecified atom stereocenters. The molecule has 1 fully saturated rings. The fourth-order valence-corrected chi connectivity index (χ4v) is 2.80. The van der Waals surface area contributed by atoms with Crippen molar-refractivity contribution in [3.8, 4) is 0 Å². The van der Waals surface area contributed by atoms with Gasteiger partial charge in [0.15, 0.2) is 0 Å². The quantitative estimate of drug-likeness (QED) is 0.781. The molecule has 0 radical (unpaired) electrons. The molecule has 5 heteroatoms. The summed E-state index contributed by atoms with van der Waals surface area (Å²) in [6.45, 7) is 3.81. The van der Waals surface area contributed by atoms with Gasteiger partial charge >= 0.3 is 12.1 Å². The van der Waals surface area contributed by atoms with Crippen LogP contribution < -0.4 is 0 Å². The minimum absolute atomic E-state index is 0.0877. The highest BCUT2D eigenvalue weighted by molar-refractivity contribution is 5.69. The standard InChI is InChI=1S/C18H25NO4/c1-18(9-8-16(20)22-2)10-12-19(13-11-18)17(21)23-14-15-6-4-3-5-7-15/h3-7H,8-14H2,1-2H3. The number of ether oxygens (including phenoxy) is 2. The Morgan fingerprint density at radius 2 is 1.83 bits per heavy atom. The summed E-state index contributed by atoms with van der Waals surface area (Å²) in [5.41, 5.74) is 1.07. The van der Waals surface area contributed by atoms with Crippen LogP contribution in [0.25, 0.3) is 0 Å². The van der Waals surface area contributed by atoms with Crippen LogP contribution in [0.3, 0.4) is 0 Å². The van der Waals surface area contributed by atoms with Gasteiger partial charge in [-0.05, 0) is 30.2 Å². The Bertz CT molecular complexity index is 521. The number of likely N-dealkylation sites (tertiary alicyclic amines) is 1. The molecule has 126 valence electrons. The number of hydrogen-bond acceptors (Lipinski definition) is 4. The van der Waals surface area contributed by atoms with Crippen molar-refractivity contribution in [3.63, 3.8) is 0 Å². The predicted molar refractivity (Wildman–Crippen MR) is 86.8 cm³/mol. The van der Waals surface area contributed by atoms with E-state index in [1.165, 1.54) is 7.11 Å². The van der Waals surface area contributed by atoms with E-state index in [0.29, 0.717) is 26.1 Å². The van der Waals surface area contributed by atoms with Crippen LogP contribution in [0, 0.1) is 5.41 Å². The van der Waals surface area contributed by atoms with E-state index in [1.807, 2.05) is 30.3 Å². The molecule has 1 heterocycles. The second-order valence-electron chi connectivity index (χ2n) is 6.41. The maximum absolute atomic E-state index is 12.1. The van der Waals surface area contributed by atoms with E-state index < -0.39 is 0 Å². The Morgan fingerprint density at radius 1 is 1.17 bits per heavy atom. The van der Waals surface area contributed by atoms with Crippen molar-refractivity contribution in [2.24, 2.45) is 5.41 Å². The van der Waals surface area contributed by atoms with E-state index in [9.17, 15) is 9.59 Å². The molecule has 1 amide bonds. The van der Waals surface area contributed by atoms with Gasteiger partial charge in [0, 0.05) is 19.5 Å². The number of amides is 1. The largest absolute Gasteiger partial charge is 0.469 e. The van der Waals surface area contributed by atoms with Gasteiger partial charge in [-0.2, -0.15) is 0 Å². The van der Waals surface area contributed by atoms with Gasteiger partial charge in [0.1, 0.15) is 6.61 Å². The van der Waals surface area contributed by atoms with Gasteiger partial charge in [0.2, 0.25) is 0 Å². The third-order valence-corrected chi connectivity index (χ3v) is 4.59. The summed E-state index contributed by atoms with van der Waals surface area (Å²) >= 11 is 0. The molecule has 0 spiro atoms. The average Bonchev–Trinajstić information content (AvgIpc) is 2.59. The number of benzene rings is 1. The third kappa shape index (κ3) is 5.27. The van der Waals surface area contributed by atoms with Crippen molar-refractivity contribution in [3.05, 3.63) is 35.9 Å². The van der Waals surface area contributed by atoms with Gasteiger partial charge in [-0.15, -0.1) is 0 Å². The van der Waals surface area contributed by atoms with E-state index in [4.69, 9.17) is 9.47 Å². The van der Waals surface area contributed by atoms with Crippen LogP contribution in [0.15, 0.2) is 30.3 Å². The Balaban J connectivity index is 1.75. The summed E-state index contributed by atoms with van der Waals surface area (Å²) in [4.78, 5) is 25.2. The highest BCUT2D eigenvalue weighted by Gasteiger charge is 2.32. The SMILES string of the molecule is COC(=O)CCC1(C)CCN(C(=O)OCc2ccccc2)CC1. The Hall–Kier alpha value is -2.04. The van der Waals surface area contributed by atoms with Crippen molar-refractivity contribution < 1.29 is 19.1 Å². The lowest BCUT2D eigenvalue weighted by Crippen LogP contribution is -2.42. The van der Waals surface area contributed by atoms with Crippen LogP contribution in [0.5, 0.6) is 0 Å². The van der Waals surface area contributed by atoms with Crippen LogP contribution in [-0.4, -0.2) is 37.2 Å². The van der Waals surface area contributed by atoms with Gasteiger partial charge in [0.25, 0.3) is 0 Å². The first-order chi connectivity index (χ1) is 11.0. The van der Waals surface area contributed by atoms with Crippen LogP contribution in [-0.2, 0) is 20.9 Å². The van der Waals surface area contributed by atoms with E-state index in [-0.39, 0.29) is 17.5 Å². The second-order valence-corrected chi connectivity index (χ2v) is 6.41. The Kier molecular flexibility index (Phi) is 6.02. The van der Waals surface area contributed by atoms with Crippen LogP contribution in [0.2, 0.25) is 0 Å². The van der Waals surface area contributed by atoms with Gasteiger partial charge in [-0.3, -0.25) is 4.79 Å². The molecule has 2 rings (SSSR count). The zero-order chi connectivity index (χ0) is 16.7. The molecule has 0 aliphatic carbocycles. The molecule has 1 aromatic carbocycles. The highest BCUT2D eigenvalue weighted by Crippen LogP contribution is 2.35. The lowest BCUT2D eigenvalue weighted by molar-refractivity contribution is -0.141. The van der Waals surface area contributed by atoms with E-state index in [1.54, 1.807) is 4.90 Å². The molecule has 5 nitrogen and oxygen atoms in total. The summed E-state index contributed by atoms with van der Waals surface area (Å²) < 4.78 is 10.1. The summed E-state index contributed by atoms with van der Waals surface area (Å²) in [6, 6.07) is 9.67. The van der Waals surface area contributed by atoms with Crippen LogP contribution in [0.1, 0.15) is 38.2 Å². The molecule has 1 aliphatic rings. The number of methoxy groups -OCH3 is 1. The minimum Gasteiger partial charge on any atom is -0.469 e. The van der Waals surface area contributed by atoms with Crippen molar-refractivity contribution in [1.82, 2.24) is 4.90 Å². The Labute approximate surface area is 137 Å². The zero-order valence-corrected chi connectivity index (χ0v) is 13.9. The first-order valence-electron chi connectivity index (χ1n) is 8.05. The van der Waals surface area contributed by atoms with Gasteiger partial charge in [0.05, 0.1) is 7.11 Å². The topological polar surface area (TPSA) is 55.8 Å². The molecule has 0 atom stereocenters. The number of esters is 1. The summed E-state index contributed by atoms with van der Waals surface area (Å²) in [5, 5.41) is 0. The number of carbonyl (C=O) groups excluding carboxylic acids is 2. The minimum atomic E-state index is -0.260. The molecule has 0 N–H and O–H groups in total. The number of rotatable bonds is 5. The zero-order valence-electron chi connectivity index (χ0n) is 13.9. The molecule has 1 saturated heterocycles. The first-order valence-corrected chi connectivity index (χ1v) is 8.05. The third-order valence-electron chi connectivity index (χ3n) is 4.59. The van der Waals surface area contributed by atoms with Crippen LogP contribution in [0.4, 0.5) is 4.79 Å². The van der Waals surface area contributed by atoms with Crippen molar-refractivity contribution in [2.75, 3.05) is 20.2 Å². The molecule has 1 aromatic rings. The molecule has 0 saturated carbocycles. The summed E-state index contributed by atoms with van der Waals surface area (Å²) in [5.74, 6) is -0.170. The number of nitrogens with zero attached hydrogens (tertiary/aromatic N) is 1. The first kappa shape index (κ1) is 17.3. The highest BCUT2D eigenvalue weighted by atomic mass is 16.6. The van der Waals surface area contributed by atoms with E-state index in [0.717, 1.165) is 24.8 Å². The van der Waals surface area contributed by atoms with E-state index >= 15 is 0 Å². The average molecular weight is 319 g/mol. The predicted octanol–water partition coefficient (Wildman–Crippen LogP) is 3.38. The maximum atomic E-state index is 12.1. The van der Waals surface area contributed by atoms with Gasteiger partial charge < -0.3 is 14.4 Å². The molecule has 0 bridgehead atoms. The summed E-state index contributed by atoms with van der Waals surface area (Å²) in [7, 11) is 1.41. The lowest BCUT2D eigenvalue weighted by Gasteiger charge is -2.38. The normalized spacial score (nSPS) is 16.7. The molecule has 0 aromatic heterocycles. The Morgan fingerprint density at radius 3 is 2.43 bits per heavy atom. The molecule has 23 heavy (non-hydrogen) atoms. The number of hydrogen-bond donors (Lipinski definition) is 0. The van der Waals surface area contributed by atoms with Crippen LogP contribution >= 0.6 is 0 Å². The molecule has 1 aliphatic heterocycles. The van der Waals surface area contributed by atoms with Crippen molar-refractivity contribution in [1.29, 1.82) is 0 Å². The van der Waals surface area contributed by atoms with Gasteiger partial charge in [-0.1, -0.05) is 37.3 Å². The second kappa shape index (κ2) is 7.99. The maximum Gasteiger partial charge on any atom is 0.410 e. The van der Waals surface area contributed by atoms with Gasteiger partial charge in [-0.25, -0.2) is 4.79 Å². The van der Waals surface area contributed by atoms with E-state index in [2.05, 4.69) is 6.92 Å². The number of carbonyl (C=O) groups is 2. The molecular formula is C18H25NO4. The fourth-order valence-electron chi connectivity index (χ4n) is 2.80. The van der Waals surface area contributed by atoms with Crippen molar-refractivity contribution >= 4 is 12.1 Å². The van der Waals surface area contributed by atoms with Crippen molar-refractivity contribution in [2.45, 2.75) is 39.2 Å². The molecular weight excluding hydrogens is 294 g/mol. The number of piperidine rings is 1. The smallest absolute Gasteiger partial charge is 0.410 e.